The molecule has 1 heterocycles. The number of carboxylic acid groups (broad SMARTS) is 1. The molecule has 0 atom stereocenters. The fourth-order valence-electron chi connectivity index (χ4n) is 3.56. The van der Waals surface area contributed by atoms with Gasteiger partial charge in [0.2, 0.25) is 0 Å². The van der Waals surface area contributed by atoms with Crippen molar-refractivity contribution in [2.24, 2.45) is 0 Å². The van der Waals surface area contributed by atoms with Crippen LogP contribution in [0.25, 0.3) is 20.5 Å². The zero-order chi connectivity index (χ0) is 19.9. The fraction of sp³-hybridized carbons (Fsp3) is 0.348. The first kappa shape index (κ1) is 20.2. The Kier molecular flexibility index (Phi) is 6.93. The highest BCUT2D eigenvalue weighted by atomic mass is 32.1. The predicted molar refractivity (Wildman–Crippen MR) is 114 cm³/mol. The van der Waals surface area contributed by atoms with E-state index in [1.165, 1.54) is 5.56 Å². The highest BCUT2D eigenvalue weighted by Gasteiger charge is 2.16. The maximum Gasteiger partial charge on any atom is 0.303 e. The summed E-state index contributed by atoms with van der Waals surface area (Å²) in [4.78, 5) is 11.6. The summed E-state index contributed by atoms with van der Waals surface area (Å²) in [7, 11) is 0. The molecule has 1 aromatic heterocycles. The third kappa shape index (κ3) is 5.04. The lowest BCUT2D eigenvalue weighted by Gasteiger charge is -2.07. The van der Waals surface area contributed by atoms with Crippen LogP contribution in [0, 0.1) is 0 Å². The predicted octanol–water partition coefficient (Wildman–Crippen LogP) is 6.34. The van der Waals surface area contributed by atoms with Gasteiger partial charge >= 0.3 is 5.97 Å². The Labute approximate surface area is 169 Å². The van der Waals surface area contributed by atoms with Crippen molar-refractivity contribution < 1.29 is 20.1 Å². The number of carbonyl (C=O) groups is 1. The van der Waals surface area contributed by atoms with Gasteiger partial charge in [0.1, 0.15) is 11.5 Å². The molecule has 5 heteroatoms. The van der Waals surface area contributed by atoms with Crippen LogP contribution in [0.15, 0.2) is 42.5 Å². The van der Waals surface area contributed by atoms with Crippen LogP contribution in [0.2, 0.25) is 0 Å². The molecule has 0 saturated carbocycles. The Morgan fingerprint density at radius 1 is 0.893 bits per heavy atom. The van der Waals surface area contributed by atoms with E-state index < -0.39 is 5.97 Å². The number of rotatable bonds is 10. The first-order valence-corrected chi connectivity index (χ1v) is 10.6. The summed E-state index contributed by atoms with van der Waals surface area (Å²) in [6.45, 7) is 0. The zero-order valence-corrected chi connectivity index (χ0v) is 16.7. The van der Waals surface area contributed by atoms with Crippen molar-refractivity contribution in [2.75, 3.05) is 0 Å². The summed E-state index contributed by atoms with van der Waals surface area (Å²) in [6.07, 6.45) is 7.23. The number of aryl methyl sites for hydroxylation is 1. The molecule has 3 aromatic rings. The maximum atomic E-state index is 10.5. The minimum atomic E-state index is -0.716. The van der Waals surface area contributed by atoms with Crippen LogP contribution in [-0.4, -0.2) is 21.3 Å². The van der Waals surface area contributed by atoms with E-state index in [1.807, 2.05) is 24.3 Å². The highest BCUT2D eigenvalue weighted by molar-refractivity contribution is 7.22. The summed E-state index contributed by atoms with van der Waals surface area (Å²) in [5.41, 5.74) is 2.07. The van der Waals surface area contributed by atoms with Gasteiger partial charge < -0.3 is 15.3 Å². The van der Waals surface area contributed by atoms with Crippen molar-refractivity contribution in [3.05, 3.63) is 48.0 Å². The Hall–Kier alpha value is -2.53. The van der Waals surface area contributed by atoms with Gasteiger partial charge in [-0.2, -0.15) is 0 Å². The van der Waals surface area contributed by atoms with Gasteiger partial charge in [-0.1, -0.05) is 37.8 Å². The second-order valence-corrected chi connectivity index (χ2v) is 8.17. The monoisotopic (exact) mass is 398 g/mol. The number of aromatic hydroxyl groups is 2. The molecule has 28 heavy (non-hydrogen) atoms. The molecular weight excluding hydrogens is 372 g/mol. The lowest BCUT2D eigenvalue weighted by Crippen LogP contribution is -1.93. The summed E-state index contributed by atoms with van der Waals surface area (Å²) >= 11 is 1.61. The number of fused-ring (bicyclic) bond motifs is 1. The summed E-state index contributed by atoms with van der Waals surface area (Å²) in [5, 5.41) is 30.0. The van der Waals surface area contributed by atoms with Crippen LogP contribution in [0.5, 0.6) is 11.5 Å². The molecule has 0 aliphatic rings. The van der Waals surface area contributed by atoms with Crippen molar-refractivity contribution in [1.82, 2.24) is 0 Å². The van der Waals surface area contributed by atoms with E-state index in [1.54, 1.807) is 29.5 Å². The third-order valence-electron chi connectivity index (χ3n) is 4.99. The number of hydrogen-bond acceptors (Lipinski definition) is 4. The molecule has 4 nitrogen and oxygen atoms in total. The first-order chi connectivity index (χ1) is 13.6. The van der Waals surface area contributed by atoms with Crippen molar-refractivity contribution in [3.63, 3.8) is 0 Å². The summed E-state index contributed by atoms with van der Waals surface area (Å²) < 4.78 is 1.03. The number of hydrogen-bond donors (Lipinski definition) is 3. The highest BCUT2D eigenvalue weighted by Crippen LogP contribution is 2.43. The molecule has 0 amide bonds. The van der Waals surface area contributed by atoms with Gasteiger partial charge in [0.15, 0.2) is 0 Å². The van der Waals surface area contributed by atoms with Gasteiger partial charge in [0, 0.05) is 21.6 Å². The largest absolute Gasteiger partial charge is 0.508 e. The van der Waals surface area contributed by atoms with E-state index in [2.05, 4.69) is 0 Å². The smallest absolute Gasteiger partial charge is 0.303 e. The standard InChI is InChI=1S/C23H26O4S/c24-16-13-14-17-18(9-5-3-1-2-4-6-12-22(26)27)23(28-21(17)15-16)19-10-7-8-11-20(19)25/h7-8,10-11,13-15,24-25H,1-6,9,12H2,(H,26,27). The number of phenols is 2. The van der Waals surface area contributed by atoms with Gasteiger partial charge in [-0.3, -0.25) is 4.79 Å². The van der Waals surface area contributed by atoms with Crippen molar-refractivity contribution >= 4 is 27.4 Å². The average Bonchev–Trinajstić information content (AvgIpc) is 3.01. The van der Waals surface area contributed by atoms with Crippen LogP contribution < -0.4 is 0 Å². The van der Waals surface area contributed by atoms with E-state index in [-0.39, 0.29) is 17.9 Å². The van der Waals surface area contributed by atoms with Crippen LogP contribution in [0.1, 0.15) is 50.5 Å². The van der Waals surface area contributed by atoms with Gasteiger partial charge in [-0.15, -0.1) is 11.3 Å². The molecule has 0 bridgehead atoms. The molecule has 148 valence electrons. The Balaban J connectivity index is 1.68. The molecule has 0 unspecified atom stereocenters. The van der Waals surface area contributed by atoms with E-state index >= 15 is 0 Å². The number of carboxylic acids is 1. The van der Waals surface area contributed by atoms with E-state index in [0.717, 1.165) is 65.5 Å². The van der Waals surface area contributed by atoms with Gasteiger partial charge in [-0.25, -0.2) is 0 Å². The van der Waals surface area contributed by atoms with E-state index in [0.29, 0.717) is 0 Å². The van der Waals surface area contributed by atoms with Crippen molar-refractivity contribution in [1.29, 1.82) is 0 Å². The topological polar surface area (TPSA) is 77.8 Å². The molecule has 0 radical (unpaired) electrons. The molecule has 2 aromatic carbocycles. The fourth-order valence-corrected chi connectivity index (χ4v) is 4.87. The SMILES string of the molecule is O=C(O)CCCCCCCCc1c(-c2ccccc2O)sc2cc(O)ccc12. The van der Waals surface area contributed by atoms with E-state index in [9.17, 15) is 15.0 Å². The Bertz CT molecular complexity index is 945. The number of para-hydroxylation sites is 1. The van der Waals surface area contributed by atoms with Crippen molar-refractivity contribution in [3.8, 4) is 21.9 Å². The minimum absolute atomic E-state index is 0.255. The second-order valence-electron chi connectivity index (χ2n) is 7.12. The maximum absolute atomic E-state index is 10.5. The number of thiophene rings is 1. The van der Waals surface area contributed by atoms with Crippen LogP contribution in [0.4, 0.5) is 0 Å². The number of phenolic OH excluding ortho intramolecular Hbond substituents is 2. The number of aliphatic carboxylic acids is 1. The lowest BCUT2D eigenvalue weighted by atomic mass is 9.99. The first-order valence-electron chi connectivity index (χ1n) is 9.81. The normalized spacial score (nSPS) is 11.1. The minimum Gasteiger partial charge on any atom is -0.508 e. The molecule has 0 aliphatic heterocycles. The van der Waals surface area contributed by atoms with Gasteiger partial charge in [0.25, 0.3) is 0 Å². The van der Waals surface area contributed by atoms with Crippen LogP contribution in [0.3, 0.4) is 0 Å². The zero-order valence-electron chi connectivity index (χ0n) is 15.9. The van der Waals surface area contributed by atoms with Crippen molar-refractivity contribution in [2.45, 2.75) is 51.4 Å². The molecule has 3 N–H and O–H groups in total. The molecule has 0 aliphatic carbocycles. The lowest BCUT2D eigenvalue weighted by molar-refractivity contribution is -0.137. The summed E-state index contributed by atoms with van der Waals surface area (Å²) in [6, 6.07) is 12.9. The number of benzene rings is 2. The molecular formula is C23H26O4S. The number of unbranched alkanes of at least 4 members (excludes halogenated alkanes) is 5. The quantitative estimate of drug-likeness (QED) is 0.348. The van der Waals surface area contributed by atoms with Gasteiger partial charge in [-0.05, 0) is 60.5 Å². The Morgan fingerprint density at radius 2 is 1.61 bits per heavy atom. The van der Waals surface area contributed by atoms with E-state index in [4.69, 9.17) is 5.11 Å². The molecule has 3 rings (SSSR count). The van der Waals surface area contributed by atoms with Crippen LogP contribution in [-0.2, 0) is 11.2 Å². The summed E-state index contributed by atoms with van der Waals surface area (Å²) in [5.74, 6) is -0.185. The van der Waals surface area contributed by atoms with Gasteiger partial charge in [0.05, 0.1) is 0 Å². The second kappa shape index (κ2) is 9.60. The Morgan fingerprint density at radius 3 is 2.36 bits per heavy atom. The van der Waals surface area contributed by atoms with Crippen LogP contribution >= 0.6 is 11.3 Å². The molecule has 0 saturated heterocycles. The molecule has 0 fully saturated rings. The average molecular weight is 399 g/mol. The third-order valence-corrected chi connectivity index (χ3v) is 6.22. The molecule has 0 spiro atoms.